The summed E-state index contributed by atoms with van der Waals surface area (Å²) in [4.78, 5) is 12.1. The Morgan fingerprint density at radius 1 is 0.696 bits per heavy atom. The second-order valence-corrected chi connectivity index (χ2v) is 8.55. The number of carbonyl (C=O) groups excluding carboxylic acids is 1. The fourth-order valence-electron chi connectivity index (χ4n) is 3.34. The number of hydrogen-bond acceptors (Lipinski definition) is 1. The number of unbranched alkanes of at least 4 members (excludes halogenated alkanes) is 12. The zero-order valence-corrected chi connectivity index (χ0v) is 16.9. The van der Waals surface area contributed by atoms with Crippen molar-refractivity contribution < 1.29 is 4.79 Å². The molecule has 0 rings (SSSR count). The van der Waals surface area contributed by atoms with E-state index < -0.39 is 0 Å². The predicted molar refractivity (Wildman–Crippen MR) is 104 cm³/mol. The van der Waals surface area contributed by atoms with Crippen molar-refractivity contribution in [1.29, 1.82) is 0 Å². The van der Waals surface area contributed by atoms with Crippen LogP contribution in [0.4, 0.5) is 0 Å². The van der Waals surface area contributed by atoms with Gasteiger partial charge in [-0.05, 0) is 6.42 Å². The minimum Gasteiger partial charge on any atom is -0.299 e. The molecule has 0 saturated heterocycles. The quantitative estimate of drug-likeness (QED) is 0.282. The molecule has 0 bridgehead atoms. The maximum absolute atomic E-state index is 12.1. The third-order valence-electron chi connectivity index (χ3n) is 4.93. The third-order valence-corrected chi connectivity index (χ3v) is 4.93. The van der Waals surface area contributed by atoms with Crippen molar-refractivity contribution in [3.63, 3.8) is 0 Å². The Labute approximate surface area is 147 Å². The lowest BCUT2D eigenvalue weighted by atomic mass is 9.82. The number of rotatable bonds is 15. The first-order chi connectivity index (χ1) is 10.9. The summed E-state index contributed by atoms with van der Waals surface area (Å²) in [5.41, 5.74) is -0.171. The minimum absolute atomic E-state index is 0.171. The Hall–Kier alpha value is -0.330. The Balaban J connectivity index is 3.29. The number of hydrogen-bond donors (Lipinski definition) is 0. The van der Waals surface area contributed by atoms with Crippen LogP contribution in [0.5, 0.6) is 0 Å². The van der Waals surface area contributed by atoms with Crippen molar-refractivity contribution >= 4 is 5.78 Å². The summed E-state index contributed by atoms with van der Waals surface area (Å²) in [5.74, 6) is 0.666. The molecule has 23 heavy (non-hydrogen) atoms. The SMILES string of the molecule is CCCCCCCCCCCCCCCC(C)C(=O)C(C)(C)C. The molecule has 0 amide bonds. The second-order valence-electron chi connectivity index (χ2n) is 8.55. The highest BCUT2D eigenvalue weighted by Crippen LogP contribution is 2.23. The molecule has 138 valence electrons. The van der Waals surface area contributed by atoms with Crippen LogP contribution in [-0.4, -0.2) is 5.78 Å². The van der Waals surface area contributed by atoms with Crippen LogP contribution in [-0.2, 0) is 4.79 Å². The predicted octanol–water partition coefficient (Wildman–Crippen LogP) is 7.72. The van der Waals surface area contributed by atoms with Gasteiger partial charge in [0.15, 0.2) is 0 Å². The Bertz CT molecular complexity index is 274. The molecule has 1 nitrogen and oxygen atoms in total. The molecule has 1 atom stereocenters. The van der Waals surface area contributed by atoms with Crippen molar-refractivity contribution in [2.45, 2.75) is 125 Å². The molecular weight excluding hydrogens is 280 g/mol. The molecule has 0 heterocycles. The summed E-state index contributed by atoms with van der Waals surface area (Å²) >= 11 is 0. The highest BCUT2D eigenvalue weighted by molar-refractivity contribution is 5.85. The standard InChI is InChI=1S/C22H44O/c1-6-7-8-9-10-11-12-13-14-15-16-17-18-19-20(2)21(23)22(3,4)5/h20H,6-19H2,1-5H3. The molecule has 0 aromatic carbocycles. The Morgan fingerprint density at radius 3 is 1.39 bits per heavy atom. The first kappa shape index (κ1) is 22.7. The molecule has 0 aliphatic heterocycles. The van der Waals surface area contributed by atoms with Gasteiger partial charge in [0.25, 0.3) is 0 Å². The smallest absolute Gasteiger partial charge is 0.140 e. The van der Waals surface area contributed by atoms with Crippen LogP contribution in [0.1, 0.15) is 125 Å². The maximum Gasteiger partial charge on any atom is 0.140 e. The van der Waals surface area contributed by atoms with Gasteiger partial charge in [0.1, 0.15) is 5.78 Å². The van der Waals surface area contributed by atoms with E-state index in [1.54, 1.807) is 0 Å². The zero-order chi connectivity index (χ0) is 17.6. The second kappa shape index (κ2) is 14.1. The molecule has 0 saturated carbocycles. The van der Waals surface area contributed by atoms with E-state index in [1.165, 1.54) is 83.5 Å². The fourth-order valence-corrected chi connectivity index (χ4v) is 3.34. The molecule has 0 spiro atoms. The highest BCUT2D eigenvalue weighted by Gasteiger charge is 2.25. The van der Waals surface area contributed by atoms with Crippen molar-refractivity contribution in [2.75, 3.05) is 0 Å². The minimum atomic E-state index is -0.171. The zero-order valence-electron chi connectivity index (χ0n) is 16.9. The van der Waals surface area contributed by atoms with Gasteiger partial charge in [0, 0.05) is 11.3 Å². The van der Waals surface area contributed by atoms with Crippen LogP contribution >= 0.6 is 0 Å². The molecule has 1 heteroatoms. The van der Waals surface area contributed by atoms with Gasteiger partial charge < -0.3 is 0 Å². The van der Waals surface area contributed by atoms with Gasteiger partial charge in [-0.15, -0.1) is 0 Å². The monoisotopic (exact) mass is 324 g/mol. The average Bonchev–Trinajstić information content (AvgIpc) is 2.50. The summed E-state index contributed by atoms with van der Waals surface area (Å²) in [6.45, 7) is 10.5. The van der Waals surface area contributed by atoms with Crippen LogP contribution in [0, 0.1) is 11.3 Å². The highest BCUT2D eigenvalue weighted by atomic mass is 16.1. The molecular formula is C22H44O. The maximum atomic E-state index is 12.1. The van der Waals surface area contributed by atoms with Gasteiger partial charge in [-0.2, -0.15) is 0 Å². The van der Waals surface area contributed by atoms with E-state index in [1.807, 2.05) is 20.8 Å². The molecule has 0 aliphatic rings. The normalized spacial score (nSPS) is 13.3. The lowest BCUT2D eigenvalue weighted by Crippen LogP contribution is -2.26. The van der Waals surface area contributed by atoms with Crippen molar-refractivity contribution in [2.24, 2.45) is 11.3 Å². The van der Waals surface area contributed by atoms with Crippen LogP contribution in [0.25, 0.3) is 0 Å². The summed E-state index contributed by atoms with van der Waals surface area (Å²) in [5, 5.41) is 0. The number of carbonyl (C=O) groups is 1. The molecule has 0 fully saturated rings. The largest absolute Gasteiger partial charge is 0.299 e. The van der Waals surface area contributed by atoms with Crippen molar-refractivity contribution in [3.8, 4) is 0 Å². The van der Waals surface area contributed by atoms with Gasteiger partial charge >= 0.3 is 0 Å². The van der Waals surface area contributed by atoms with E-state index in [0.29, 0.717) is 5.78 Å². The van der Waals surface area contributed by atoms with Crippen LogP contribution in [0.3, 0.4) is 0 Å². The first-order valence-corrected chi connectivity index (χ1v) is 10.4. The van der Waals surface area contributed by atoms with E-state index in [0.717, 1.165) is 6.42 Å². The van der Waals surface area contributed by atoms with Gasteiger partial charge in [0.05, 0.1) is 0 Å². The van der Waals surface area contributed by atoms with Gasteiger partial charge in [-0.3, -0.25) is 4.79 Å². The van der Waals surface area contributed by atoms with Crippen LogP contribution < -0.4 is 0 Å². The van der Waals surface area contributed by atoms with Crippen LogP contribution in [0.2, 0.25) is 0 Å². The van der Waals surface area contributed by atoms with E-state index in [2.05, 4.69) is 13.8 Å². The molecule has 0 N–H and O–H groups in total. The van der Waals surface area contributed by atoms with E-state index in [-0.39, 0.29) is 11.3 Å². The number of ketones is 1. The fraction of sp³-hybridized carbons (Fsp3) is 0.955. The van der Waals surface area contributed by atoms with Gasteiger partial charge in [0.2, 0.25) is 0 Å². The summed E-state index contributed by atoms with van der Waals surface area (Å²) in [6.07, 6.45) is 19.1. The molecule has 0 aliphatic carbocycles. The molecule has 1 unspecified atom stereocenters. The number of Topliss-reactive ketones (excluding diaryl/α,β-unsaturated/α-hetero) is 1. The summed E-state index contributed by atoms with van der Waals surface area (Å²) in [7, 11) is 0. The van der Waals surface area contributed by atoms with Gasteiger partial charge in [-0.25, -0.2) is 0 Å². The molecule has 0 radical (unpaired) electrons. The lowest BCUT2D eigenvalue weighted by Gasteiger charge is -2.21. The lowest BCUT2D eigenvalue weighted by molar-refractivity contribution is -0.130. The summed E-state index contributed by atoms with van der Waals surface area (Å²) < 4.78 is 0. The average molecular weight is 325 g/mol. The first-order valence-electron chi connectivity index (χ1n) is 10.4. The van der Waals surface area contributed by atoms with E-state index in [9.17, 15) is 4.79 Å². The van der Waals surface area contributed by atoms with E-state index >= 15 is 0 Å². The summed E-state index contributed by atoms with van der Waals surface area (Å²) in [6, 6.07) is 0. The van der Waals surface area contributed by atoms with Crippen molar-refractivity contribution in [1.82, 2.24) is 0 Å². The third kappa shape index (κ3) is 13.8. The topological polar surface area (TPSA) is 17.1 Å². The molecule has 0 aromatic rings. The Kier molecular flexibility index (Phi) is 13.8. The Morgan fingerprint density at radius 2 is 1.04 bits per heavy atom. The van der Waals surface area contributed by atoms with E-state index in [4.69, 9.17) is 0 Å². The van der Waals surface area contributed by atoms with Crippen LogP contribution in [0.15, 0.2) is 0 Å². The van der Waals surface area contributed by atoms with Gasteiger partial charge in [-0.1, -0.05) is 118 Å². The van der Waals surface area contributed by atoms with Crippen molar-refractivity contribution in [3.05, 3.63) is 0 Å². The molecule has 0 aromatic heterocycles.